The molecule has 0 aliphatic carbocycles. The SMILES string of the molecule is COc1cc(/C=C(/C#N)c2cccc3ccccc23)ccc1OCc1cccc([N+](=O)[O-])c1. The van der Waals surface area contributed by atoms with E-state index in [9.17, 15) is 15.4 Å². The maximum Gasteiger partial charge on any atom is 0.269 e. The van der Waals surface area contributed by atoms with Crippen molar-refractivity contribution < 1.29 is 14.4 Å². The second kappa shape index (κ2) is 9.67. The van der Waals surface area contributed by atoms with E-state index in [1.807, 2.05) is 54.6 Å². The van der Waals surface area contributed by atoms with Gasteiger partial charge in [0.05, 0.1) is 23.7 Å². The maximum atomic E-state index is 11.0. The Hall–Kier alpha value is -4.63. The van der Waals surface area contributed by atoms with Crippen LogP contribution in [0.15, 0.2) is 84.9 Å². The Balaban J connectivity index is 1.61. The fourth-order valence-corrected chi connectivity index (χ4v) is 3.61. The van der Waals surface area contributed by atoms with Gasteiger partial charge in [0.25, 0.3) is 5.69 Å². The number of ether oxygens (including phenoxy) is 2. The zero-order chi connectivity index (χ0) is 23.2. The van der Waals surface area contributed by atoms with Crippen molar-refractivity contribution in [2.75, 3.05) is 7.11 Å². The van der Waals surface area contributed by atoms with Crippen LogP contribution >= 0.6 is 0 Å². The molecule has 0 saturated carbocycles. The lowest BCUT2D eigenvalue weighted by atomic mass is 9.97. The van der Waals surface area contributed by atoms with Crippen LogP contribution in [0.5, 0.6) is 11.5 Å². The molecule has 0 fully saturated rings. The fraction of sp³-hybridized carbons (Fsp3) is 0.0741. The lowest BCUT2D eigenvalue weighted by Crippen LogP contribution is -1.99. The highest BCUT2D eigenvalue weighted by Crippen LogP contribution is 2.32. The highest BCUT2D eigenvalue weighted by atomic mass is 16.6. The van der Waals surface area contributed by atoms with Crippen LogP contribution in [0.4, 0.5) is 5.69 Å². The van der Waals surface area contributed by atoms with Gasteiger partial charge in [-0.2, -0.15) is 5.26 Å². The van der Waals surface area contributed by atoms with Crippen molar-refractivity contribution in [1.29, 1.82) is 5.26 Å². The van der Waals surface area contributed by atoms with E-state index in [2.05, 4.69) is 6.07 Å². The summed E-state index contributed by atoms with van der Waals surface area (Å²) in [6.07, 6.45) is 1.81. The van der Waals surface area contributed by atoms with E-state index in [4.69, 9.17) is 9.47 Å². The topological polar surface area (TPSA) is 85.4 Å². The number of hydrogen-bond acceptors (Lipinski definition) is 5. The van der Waals surface area contributed by atoms with Gasteiger partial charge in [-0.15, -0.1) is 0 Å². The van der Waals surface area contributed by atoms with Crippen molar-refractivity contribution in [3.63, 3.8) is 0 Å². The summed E-state index contributed by atoms with van der Waals surface area (Å²) in [4.78, 5) is 10.5. The number of non-ortho nitro benzene ring substituents is 1. The fourth-order valence-electron chi connectivity index (χ4n) is 3.61. The Morgan fingerprint density at radius 1 is 1.00 bits per heavy atom. The Bertz CT molecular complexity index is 1400. The largest absolute Gasteiger partial charge is 0.493 e. The molecule has 0 spiro atoms. The quantitative estimate of drug-likeness (QED) is 0.145. The molecule has 0 amide bonds. The first kappa shape index (κ1) is 21.6. The third-order valence-corrected chi connectivity index (χ3v) is 5.21. The summed E-state index contributed by atoms with van der Waals surface area (Å²) in [6.45, 7) is 0.159. The zero-order valence-corrected chi connectivity index (χ0v) is 17.9. The van der Waals surface area contributed by atoms with Crippen LogP contribution in [-0.2, 0) is 6.61 Å². The molecule has 0 aliphatic rings. The molecule has 33 heavy (non-hydrogen) atoms. The summed E-state index contributed by atoms with van der Waals surface area (Å²) in [5.41, 5.74) is 2.89. The Labute approximate surface area is 191 Å². The molecule has 0 heterocycles. The lowest BCUT2D eigenvalue weighted by molar-refractivity contribution is -0.384. The maximum absolute atomic E-state index is 11.0. The first-order chi connectivity index (χ1) is 16.1. The molecule has 0 aromatic heterocycles. The minimum absolute atomic E-state index is 0.0148. The summed E-state index contributed by atoms with van der Waals surface area (Å²) in [5.74, 6) is 1.01. The van der Waals surface area contributed by atoms with E-state index in [-0.39, 0.29) is 12.3 Å². The Morgan fingerprint density at radius 2 is 1.79 bits per heavy atom. The average Bonchev–Trinajstić information content (AvgIpc) is 2.86. The molecule has 0 radical (unpaired) electrons. The molecule has 0 unspecified atom stereocenters. The van der Waals surface area contributed by atoms with Crippen LogP contribution in [0.2, 0.25) is 0 Å². The van der Waals surface area contributed by atoms with Gasteiger partial charge in [-0.3, -0.25) is 10.1 Å². The number of fused-ring (bicyclic) bond motifs is 1. The van der Waals surface area contributed by atoms with Gasteiger partial charge in [0.1, 0.15) is 6.61 Å². The Kier molecular flexibility index (Phi) is 6.33. The van der Waals surface area contributed by atoms with Crippen LogP contribution in [0.25, 0.3) is 22.4 Å². The van der Waals surface area contributed by atoms with Gasteiger partial charge >= 0.3 is 0 Å². The van der Waals surface area contributed by atoms with E-state index in [0.29, 0.717) is 22.6 Å². The van der Waals surface area contributed by atoms with Crippen LogP contribution in [0.1, 0.15) is 16.7 Å². The summed E-state index contributed by atoms with van der Waals surface area (Å²) >= 11 is 0. The predicted molar refractivity (Wildman–Crippen MR) is 128 cm³/mol. The van der Waals surface area contributed by atoms with Gasteiger partial charge in [-0.1, -0.05) is 60.7 Å². The van der Waals surface area contributed by atoms with Crippen LogP contribution in [0.3, 0.4) is 0 Å². The smallest absolute Gasteiger partial charge is 0.269 e. The minimum atomic E-state index is -0.437. The highest BCUT2D eigenvalue weighted by molar-refractivity contribution is 6.01. The number of hydrogen-bond donors (Lipinski definition) is 0. The van der Waals surface area contributed by atoms with Crippen molar-refractivity contribution >= 4 is 28.1 Å². The van der Waals surface area contributed by atoms with E-state index in [1.165, 1.54) is 12.1 Å². The van der Waals surface area contributed by atoms with Crippen LogP contribution < -0.4 is 9.47 Å². The van der Waals surface area contributed by atoms with Crippen LogP contribution in [-0.4, -0.2) is 12.0 Å². The molecule has 6 heteroatoms. The predicted octanol–water partition coefficient (Wildman–Crippen LogP) is 6.40. The van der Waals surface area contributed by atoms with Crippen molar-refractivity contribution in [1.82, 2.24) is 0 Å². The third-order valence-electron chi connectivity index (χ3n) is 5.21. The minimum Gasteiger partial charge on any atom is -0.493 e. The number of nitro groups is 1. The third kappa shape index (κ3) is 4.83. The van der Waals surface area contributed by atoms with E-state index < -0.39 is 4.92 Å². The number of rotatable bonds is 7. The molecule has 6 nitrogen and oxygen atoms in total. The summed E-state index contributed by atoms with van der Waals surface area (Å²) in [7, 11) is 1.54. The molecule has 4 aromatic rings. The number of nitro benzene ring substituents is 1. The molecule has 0 atom stereocenters. The average molecular weight is 436 g/mol. The zero-order valence-electron chi connectivity index (χ0n) is 17.9. The first-order valence-corrected chi connectivity index (χ1v) is 10.2. The van der Waals surface area contributed by atoms with Crippen molar-refractivity contribution in [3.8, 4) is 17.6 Å². The monoisotopic (exact) mass is 436 g/mol. The summed E-state index contributed by atoms with van der Waals surface area (Å²) in [6, 6.07) is 27.9. The van der Waals surface area contributed by atoms with Crippen molar-refractivity contribution in [3.05, 3.63) is 112 Å². The molecule has 162 valence electrons. The van der Waals surface area contributed by atoms with Gasteiger partial charge in [0.2, 0.25) is 0 Å². The summed E-state index contributed by atoms with van der Waals surface area (Å²) < 4.78 is 11.3. The second-order valence-electron chi connectivity index (χ2n) is 7.32. The molecule has 4 rings (SSSR count). The van der Waals surface area contributed by atoms with Gasteiger partial charge in [-0.25, -0.2) is 0 Å². The van der Waals surface area contributed by atoms with Gasteiger partial charge < -0.3 is 9.47 Å². The number of methoxy groups -OCH3 is 1. The summed E-state index contributed by atoms with van der Waals surface area (Å²) in [5, 5.41) is 22.9. The molecule has 0 aliphatic heterocycles. The van der Waals surface area contributed by atoms with E-state index in [1.54, 1.807) is 31.4 Å². The number of allylic oxidation sites excluding steroid dienone is 1. The normalized spacial score (nSPS) is 11.1. The van der Waals surface area contributed by atoms with Crippen molar-refractivity contribution in [2.24, 2.45) is 0 Å². The van der Waals surface area contributed by atoms with Crippen molar-refractivity contribution in [2.45, 2.75) is 6.61 Å². The molecule has 0 bridgehead atoms. The standard InChI is InChI=1S/C27H20N2O4/c1-32-27-16-19(12-13-26(27)33-18-20-6-4-9-23(15-20)29(30)31)14-22(17-28)25-11-5-8-21-7-2-3-10-24(21)25/h2-16H,18H2,1H3/b22-14-. The van der Waals surface area contributed by atoms with Gasteiger partial charge in [0, 0.05) is 17.7 Å². The number of nitrogens with zero attached hydrogens (tertiary/aromatic N) is 2. The second-order valence-corrected chi connectivity index (χ2v) is 7.32. The number of benzene rings is 4. The van der Waals surface area contributed by atoms with E-state index >= 15 is 0 Å². The highest BCUT2D eigenvalue weighted by Gasteiger charge is 2.10. The van der Waals surface area contributed by atoms with Gasteiger partial charge in [-0.05, 0) is 40.1 Å². The molecular formula is C27H20N2O4. The lowest BCUT2D eigenvalue weighted by Gasteiger charge is -2.12. The molecular weight excluding hydrogens is 416 g/mol. The van der Waals surface area contributed by atoms with E-state index in [0.717, 1.165) is 21.9 Å². The molecule has 0 N–H and O–H groups in total. The van der Waals surface area contributed by atoms with Crippen LogP contribution in [0, 0.1) is 21.4 Å². The number of nitriles is 1. The molecule has 4 aromatic carbocycles. The first-order valence-electron chi connectivity index (χ1n) is 10.2. The van der Waals surface area contributed by atoms with Gasteiger partial charge in [0.15, 0.2) is 11.5 Å². The Morgan fingerprint density at radius 3 is 2.58 bits per heavy atom. The molecule has 0 saturated heterocycles.